The van der Waals surface area contributed by atoms with Crippen LogP contribution in [0.1, 0.15) is 29.5 Å². The average molecular weight is 403 g/mol. The fourth-order valence-electron chi connectivity index (χ4n) is 4.17. The lowest BCUT2D eigenvalue weighted by atomic mass is 9.95. The predicted octanol–water partition coefficient (Wildman–Crippen LogP) is 4.11. The van der Waals surface area contributed by atoms with Crippen molar-refractivity contribution in [2.24, 2.45) is 5.92 Å². The molecule has 1 saturated heterocycles. The molecule has 5 heteroatoms. The molecule has 156 valence electrons. The molecule has 0 aliphatic carbocycles. The number of carbonyl (C=O) groups excluding carboxylic acids is 1. The molecular formula is C25H30N4O. The molecule has 0 saturated carbocycles. The third-order valence-electron chi connectivity index (χ3n) is 6.19. The van der Waals surface area contributed by atoms with Crippen molar-refractivity contribution in [1.82, 2.24) is 20.0 Å². The van der Waals surface area contributed by atoms with Gasteiger partial charge in [-0.2, -0.15) is 5.10 Å². The van der Waals surface area contributed by atoms with Crippen molar-refractivity contribution in [2.75, 3.05) is 20.1 Å². The number of benzene rings is 2. The van der Waals surface area contributed by atoms with E-state index in [-0.39, 0.29) is 11.8 Å². The van der Waals surface area contributed by atoms with Crippen LogP contribution >= 0.6 is 0 Å². The first-order valence-corrected chi connectivity index (χ1v) is 10.7. The van der Waals surface area contributed by atoms with Crippen molar-refractivity contribution in [3.63, 3.8) is 0 Å². The van der Waals surface area contributed by atoms with Crippen LogP contribution < -0.4 is 5.32 Å². The van der Waals surface area contributed by atoms with Gasteiger partial charge in [0.25, 0.3) is 0 Å². The number of likely N-dealkylation sites (tertiary alicyclic amines) is 1. The third kappa shape index (κ3) is 4.31. The van der Waals surface area contributed by atoms with E-state index in [4.69, 9.17) is 5.10 Å². The van der Waals surface area contributed by atoms with Crippen LogP contribution in [0.3, 0.4) is 0 Å². The van der Waals surface area contributed by atoms with Gasteiger partial charge in [-0.15, -0.1) is 0 Å². The molecule has 0 bridgehead atoms. The monoisotopic (exact) mass is 402 g/mol. The molecule has 2 aromatic carbocycles. The third-order valence-corrected chi connectivity index (χ3v) is 6.19. The van der Waals surface area contributed by atoms with Crippen molar-refractivity contribution in [3.05, 3.63) is 71.4 Å². The van der Waals surface area contributed by atoms with Crippen molar-refractivity contribution in [3.8, 4) is 16.9 Å². The Hall–Kier alpha value is -2.92. The highest BCUT2D eigenvalue weighted by atomic mass is 16.1. The Labute approximate surface area is 178 Å². The van der Waals surface area contributed by atoms with Crippen LogP contribution in [0.2, 0.25) is 0 Å². The maximum Gasteiger partial charge on any atom is 0.222 e. The van der Waals surface area contributed by atoms with E-state index in [1.54, 1.807) is 7.05 Å². The number of amides is 1. The van der Waals surface area contributed by atoms with Crippen LogP contribution in [-0.4, -0.2) is 40.7 Å². The minimum absolute atomic E-state index is 0.137. The molecule has 0 spiro atoms. The van der Waals surface area contributed by atoms with Gasteiger partial charge in [0.15, 0.2) is 0 Å². The highest BCUT2D eigenvalue weighted by Crippen LogP contribution is 2.28. The average Bonchev–Trinajstić information content (AvgIpc) is 3.20. The largest absolute Gasteiger partial charge is 0.359 e. The van der Waals surface area contributed by atoms with E-state index in [9.17, 15) is 4.79 Å². The zero-order chi connectivity index (χ0) is 21.1. The van der Waals surface area contributed by atoms with Crippen LogP contribution in [0.25, 0.3) is 16.9 Å². The summed E-state index contributed by atoms with van der Waals surface area (Å²) in [5.74, 6) is 0.305. The highest BCUT2D eigenvalue weighted by molar-refractivity contribution is 5.78. The SMILES string of the molecule is CNC(=O)C1CCN(Cc2cn(-c3ccccc3)nc2-c2ccc(C)c(C)c2)CC1. The number of aromatic nitrogens is 2. The Morgan fingerprint density at radius 1 is 1.07 bits per heavy atom. The van der Waals surface area contributed by atoms with Crippen molar-refractivity contribution in [2.45, 2.75) is 33.2 Å². The molecule has 1 fully saturated rings. The van der Waals surface area contributed by atoms with Crippen molar-refractivity contribution >= 4 is 5.91 Å². The summed E-state index contributed by atoms with van der Waals surface area (Å²) in [4.78, 5) is 14.4. The molecule has 4 rings (SSSR count). The fraction of sp³-hybridized carbons (Fsp3) is 0.360. The lowest BCUT2D eigenvalue weighted by Gasteiger charge is -2.30. The predicted molar refractivity (Wildman–Crippen MR) is 121 cm³/mol. The van der Waals surface area contributed by atoms with E-state index in [1.165, 1.54) is 16.7 Å². The van der Waals surface area contributed by atoms with Crippen LogP contribution in [0.4, 0.5) is 0 Å². The Morgan fingerprint density at radius 2 is 1.80 bits per heavy atom. The smallest absolute Gasteiger partial charge is 0.222 e. The lowest BCUT2D eigenvalue weighted by molar-refractivity contribution is -0.125. The van der Waals surface area contributed by atoms with Gasteiger partial charge in [-0.05, 0) is 69.1 Å². The second-order valence-electron chi connectivity index (χ2n) is 8.25. The summed E-state index contributed by atoms with van der Waals surface area (Å²) in [6.45, 7) is 6.99. The number of nitrogens with zero attached hydrogens (tertiary/aromatic N) is 3. The number of aryl methyl sites for hydroxylation is 2. The van der Waals surface area contributed by atoms with Gasteiger partial charge in [-0.25, -0.2) is 4.68 Å². The first-order valence-electron chi connectivity index (χ1n) is 10.7. The molecule has 0 atom stereocenters. The molecular weight excluding hydrogens is 372 g/mol. The van der Waals surface area contributed by atoms with E-state index < -0.39 is 0 Å². The summed E-state index contributed by atoms with van der Waals surface area (Å²) < 4.78 is 1.98. The Bertz CT molecular complexity index is 1020. The maximum absolute atomic E-state index is 11.9. The maximum atomic E-state index is 11.9. The van der Waals surface area contributed by atoms with Gasteiger partial charge in [-0.1, -0.05) is 30.3 Å². The second kappa shape index (κ2) is 8.84. The second-order valence-corrected chi connectivity index (χ2v) is 8.25. The molecule has 5 nitrogen and oxygen atoms in total. The summed E-state index contributed by atoms with van der Waals surface area (Å²) in [6, 6.07) is 16.8. The summed E-state index contributed by atoms with van der Waals surface area (Å²) in [7, 11) is 1.72. The standard InChI is InChI=1S/C25H30N4O/c1-18-9-10-21(15-19(18)2)24-22(17-29(27-24)23-7-5-4-6-8-23)16-28-13-11-20(12-14-28)25(30)26-3/h4-10,15,17,20H,11-14,16H2,1-3H3,(H,26,30). The van der Waals surface area contributed by atoms with Crippen LogP contribution in [-0.2, 0) is 11.3 Å². The zero-order valence-corrected chi connectivity index (χ0v) is 18.1. The van der Waals surface area contributed by atoms with Crippen LogP contribution in [0, 0.1) is 19.8 Å². The Morgan fingerprint density at radius 3 is 2.47 bits per heavy atom. The fourth-order valence-corrected chi connectivity index (χ4v) is 4.17. The molecule has 1 N–H and O–H groups in total. The zero-order valence-electron chi connectivity index (χ0n) is 18.1. The summed E-state index contributed by atoms with van der Waals surface area (Å²) in [6.07, 6.45) is 3.97. The molecule has 1 aromatic heterocycles. The van der Waals surface area contributed by atoms with Crippen molar-refractivity contribution < 1.29 is 4.79 Å². The first-order chi connectivity index (χ1) is 14.5. The van der Waals surface area contributed by atoms with Crippen LogP contribution in [0.15, 0.2) is 54.7 Å². The molecule has 0 radical (unpaired) electrons. The van der Waals surface area contributed by atoms with E-state index in [2.05, 4.69) is 60.6 Å². The number of rotatable bonds is 5. The number of hydrogen-bond acceptors (Lipinski definition) is 3. The number of para-hydroxylation sites is 1. The number of hydrogen-bond donors (Lipinski definition) is 1. The number of piperidine rings is 1. The minimum atomic E-state index is 0.137. The summed E-state index contributed by atoms with van der Waals surface area (Å²) in [5.41, 5.74) is 7.05. The Kier molecular flexibility index (Phi) is 6.00. The van der Waals surface area contributed by atoms with Gasteiger partial charge in [0.1, 0.15) is 0 Å². The van der Waals surface area contributed by atoms with Crippen LogP contribution in [0.5, 0.6) is 0 Å². The quantitative estimate of drug-likeness (QED) is 0.699. The number of nitrogens with one attached hydrogen (secondary N) is 1. The lowest BCUT2D eigenvalue weighted by Crippen LogP contribution is -2.39. The van der Waals surface area contributed by atoms with E-state index in [0.717, 1.165) is 49.4 Å². The normalized spacial score (nSPS) is 15.3. The van der Waals surface area contributed by atoms with Gasteiger partial charge >= 0.3 is 0 Å². The molecule has 2 heterocycles. The molecule has 1 amide bonds. The van der Waals surface area contributed by atoms with Gasteiger partial charge in [0, 0.05) is 36.8 Å². The summed E-state index contributed by atoms with van der Waals surface area (Å²) >= 11 is 0. The van der Waals surface area contributed by atoms with Gasteiger partial charge in [-0.3, -0.25) is 9.69 Å². The molecule has 1 aliphatic rings. The van der Waals surface area contributed by atoms with E-state index in [0.29, 0.717) is 0 Å². The summed E-state index contributed by atoms with van der Waals surface area (Å²) in [5, 5.41) is 7.76. The Balaban J connectivity index is 1.62. The molecule has 0 unspecified atom stereocenters. The molecule has 1 aliphatic heterocycles. The van der Waals surface area contributed by atoms with Crippen molar-refractivity contribution in [1.29, 1.82) is 0 Å². The van der Waals surface area contributed by atoms with Gasteiger partial charge in [0.2, 0.25) is 5.91 Å². The number of carbonyl (C=O) groups is 1. The topological polar surface area (TPSA) is 50.2 Å². The molecule has 3 aromatic rings. The van der Waals surface area contributed by atoms with E-state index >= 15 is 0 Å². The highest BCUT2D eigenvalue weighted by Gasteiger charge is 2.25. The minimum Gasteiger partial charge on any atom is -0.359 e. The molecule has 30 heavy (non-hydrogen) atoms. The van der Waals surface area contributed by atoms with Gasteiger partial charge < -0.3 is 5.32 Å². The van der Waals surface area contributed by atoms with Gasteiger partial charge in [0.05, 0.1) is 11.4 Å². The first kappa shape index (κ1) is 20.4. The van der Waals surface area contributed by atoms with E-state index in [1.807, 2.05) is 22.9 Å².